The van der Waals surface area contributed by atoms with E-state index < -0.39 is 16.5 Å². The summed E-state index contributed by atoms with van der Waals surface area (Å²) < 4.78 is 6.61. The molecule has 27 heavy (non-hydrogen) atoms. The predicted molar refractivity (Wildman–Crippen MR) is 98.6 cm³/mol. The van der Waals surface area contributed by atoms with Crippen molar-refractivity contribution >= 4 is 28.4 Å². The Morgan fingerprint density at radius 2 is 2.07 bits per heavy atom. The van der Waals surface area contributed by atoms with Gasteiger partial charge in [0, 0.05) is 23.2 Å². The van der Waals surface area contributed by atoms with Crippen LogP contribution in [0.1, 0.15) is 18.2 Å². The standard InChI is InChI=1S/C18H18N4O5/c1-10-6-17(23)27-15-8-13(4-5-14(10)15)19-18(24)11(2)9-21-12(3)7-16(20-21)22(25)26/h4-8,11H,9H2,1-3H3,(H,19,24)/t11-/m1/s1. The average molecular weight is 370 g/mol. The molecule has 2 heterocycles. The number of anilines is 1. The zero-order valence-electron chi connectivity index (χ0n) is 15.1. The van der Waals surface area contributed by atoms with Gasteiger partial charge in [0.2, 0.25) is 5.91 Å². The van der Waals surface area contributed by atoms with Crippen molar-refractivity contribution in [3.8, 4) is 0 Å². The first kappa shape index (κ1) is 18.3. The summed E-state index contributed by atoms with van der Waals surface area (Å²) in [5.41, 5.74) is 1.83. The molecular formula is C18H18N4O5. The van der Waals surface area contributed by atoms with Crippen molar-refractivity contribution in [2.24, 2.45) is 5.92 Å². The molecule has 1 amide bonds. The molecule has 0 radical (unpaired) electrons. The largest absolute Gasteiger partial charge is 0.423 e. The minimum Gasteiger partial charge on any atom is -0.423 e. The van der Waals surface area contributed by atoms with E-state index in [9.17, 15) is 19.7 Å². The lowest BCUT2D eigenvalue weighted by atomic mass is 10.1. The minimum atomic E-state index is -0.570. The SMILES string of the molecule is Cc1cc(=O)oc2cc(NC(=O)[C@H](C)Cn3nc([N+](=O)[O-])cc3C)ccc12. The summed E-state index contributed by atoms with van der Waals surface area (Å²) in [6.45, 7) is 5.41. The molecule has 2 aromatic heterocycles. The maximum Gasteiger partial charge on any atom is 0.390 e. The third-order valence-electron chi connectivity index (χ3n) is 4.27. The molecule has 0 unspecified atom stereocenters. The highest BCUT2D eigenvalue weighted by molar-refractivity contribution is 5.94. The Bertz CT molecular complexity index is 1100. The highest BCUT2D eigenvalue weighted by atomic mass is 16.6. The number of rotatable bonds is 5. The Morgan fingerprint density at radius 3 is 2.74 bits per heavy atom. The first-order chi connectivity index (χ1) is 12.7. The molecule has 9 nitrogen and oxygen atoms in total. The number of hydrogen-bond donors (Lipinski definition) is 1. The summed E-state index contributed by atoms with van der Waals surface area (Å²) >= 11 is 0. The summed E-state index contributed by atoms with van der Waals surface area (Å²) in [7, 11) is 0. The van der Waals surface area contributed by atoms with Crippen LogP contribution in [0.3, 0.4) is 0 Å². The highest BCUT2D eigenvalue weighted by Crippen LogP contribution is 2.21. The minimum absolute atomic E-state index is 0.202. The van der Waals surface area contributed by atoms with Gasteiger partial charge in [0.05, 0.1) is 29.3 Å². The third kappa shape index (κ3) is 3.86. The number of nitro groups is 1. The molecule has 0 bridgehead atoms. The van der Waals surface area contributed by atoms with Gasteiger partial charge in [-0.15, -0.1) is 0 Å². The van der Waals surface area contributed by atoms with Gasteiger partial charge in [-0.2, -0.15) is 4.68 Å². The molecule has 140 valence electrons. The van der Waals surface area contributed by atoms with E-state index in [2.05, 4.69) is 10.4 Å². The fourth-order valence-electron chi connectivity index (χ4n) is 2.78. The van der Waals surface area contributed by atoms with Crippen LogP contribution in [0.4, 0.5) is 11.5 Å². The molecule has 1 atom stereocenters. The number of aromatic nitrogens is 2. The lowest BCUT2D eigenvalue weighted by Crippen LogP contribution is -2.25. The second-order valence-electron chi connectivity index (χ2n) is 6.43. The molecule has 0 aliphatic carbocycles. The summed E-state index contributed by atoms with van der Waals surface area (Å²) in [5, 5.41) is 18.2. The molecule has 9 heteroatoms. The van der Waals surface area contributed by atoms with Crippen molar-refractivity contribution in [2.45, 2.75) is 27.3 Å². The van der Waals surface area contributed by atoms with Gasteiger partial charge in [0.1, 0.15) is 5.58 Å². The van der Waals surface area contributed by atoms with Gasteiger partial charge in [0.25, 0.3) is 0 Å². The van der Waals surface area contributed by atoms with Crippen molar-refractivity contribution in [3.05, 3.63) is 62.1 Å². The van der Waals surface area contributed by atoms with E-state index in [1.807, 2.05) is 6.92 Å². The molecule has 0 aliphatic heterocycles. The molecule has 0 aliphatic rings. The second kappa shape index (κ2) is 7.02. The van der Waals surface area contributed by atoms with Crippen LogP contribution in [-0.4, -0.2) is 20.6 Å². The average Bonchev–Trinajstić information content (AvgIpc) is 2.95. The van der Waals surface area contributed by atoms with Crippen LogP contribution in [0.2, 0.25) is 0 Å². The van der Waals surface area contributed by atoms with E-state index in [1.165, 1.54) is 16.8 Å². The fourth-order valence-corrected chi connectivity index (χ4v) is 2.78. The number of aryl methyl sites for hydroxylation is 2. The van der Waals surface area contributed by atoms with Crippen LogP contribution in [0.5, 0.6) is 0 Å². The van der Waals surface area contributed by atoms with Crippen LogP contribution < -0.4 is 10.9 Å². The normalized spacial score (nSPS) is 12.1. The van der Waals surface area contributed by atoms with Gasteiger partial charge in [-0.3, -0.25) is 4.79 Å². The van der Waals surface area contributed by atoms with Gasteiger partial charge in [-0.05, 0) is 36.5 Å². The Kier molecular flexibility index (Phi) is 4.76. The van der Waals surface area contributed by atoms with Crippen LogP contribution in [0, 0.1) is 29.9 Å². The highest BCUT2D eigenvalue weighted by Gasteiger charge is 2.21. The quantitative estimate of drug-likeness (QED) is 0.419. The molecule has 0 fully saturated rings. The lowest BCUT2D eigenvalue weighted by molar-refractivity contribution is -0.389. The van der Waals surface area contributed by atoms with Gasteiger partial charge in [-0.1, -0.05) is 6.92 Å². The van der Waals surface area contributed by atoms with E-state index >= 15 is 0 Å². The number of hydrogen-bond acceptors (Lipinski definition) is 6. The molecule has 0 saturated carbocycles. The van der Waals surface area contributed by atoms with Gasteiger partial charge in [-0.25, -0.2) is 4.79 Å². The first-order valence-corrected chi connectivity index (χ1v) is 8.29. The van der Waals surface area contributed by atoms with E-state index in [0.29, 0.717) is 17.0 Å². The molecule has 3 aromatic rings. The summed E-state index contributed by atoms with van der Waals surface area (Å²) in [4.78, 5) is 34.2. The number of carbonyl (C=O) groups is 1. The Labute approximate surface area is 153 Å². The number of fused-ring (bicyclic) bond motifs is 1. The number of nitrogens with one attached hydrogen (secondary N) is 1. The number of carbonyl (C=O) groups excluding carboxylic acids is 1. The monoisotopic (exact) mass is 370 g/mol. The molecule has 3 rings (SSSR count). The predicted octanol–water partition coefficient (Wildman–Crippen LogP) is 2.79. The van der Waals surface area contributed by atoms with Gasteiger partial charge >= 0.3 is 11.4 Å². The van der Waals surface area contributed by atoms with Crippen LogP contribution >= 0.6 is 0 Å². The second-order valence-corrected chi connectivity index (χ2v) is 6.43. The maximum atomic E-state index is 12.5. The maximum absolute atomic E-state index is 12.5. The smallest absolute Gasteiger partial charge is 0.390 e. The molecule has 0 saturated heterocycles. The van der Waals surface area contributed by atoms with E-state index in [-0.39, 0.29) is 18.3 Å². The summed E-state index contributed by atoms with van der Waals surface area (Å²) in [6, 6.07) is 7.86. The van der Waals surface area contributed by atoms with Crippen molar-refractivity contribution < 1.29 is 14.1 Å². The van der Waals surface area contributed by atoms with Gasteiger partial charge in [0.15, 0.2) is 0 Å². The van der Waals surface area contributed by atoms with Crippen LogP contribution in [0.25, 0.3) is 11.0 Å². The summed E-state index contributed by atoms with van der Waals surface area (Å²) in [6.07, 6.45) is 0. The third-order valence-corrected chi connectivity index (χ3v) is 4.27. The van der Waals surface area contributed by atoms with E-state index in [4.69, 9.17) is 4.42 Å². The molecule has 1 aromatic carbocycles. The number of amides is 1. The zero-order chi connectivity index (χ0) is 19.7. The topological polar surface area (TPSA) is 120 Å². The lowest BCUT2D eigenvalue weighted by Gasteiger charge is -2.12. The van der Waals surface area contributed by atoms with Crippen molar-refractivity contribution in [3.63, 3.8) is 0 Å². The number of nitrogens with zero attached hydrogens (tertiary/aromatic N) is 3. The van der Waals surface area contributed by atoms with E-state index in [1.54, 1.807) is 32.0 Å². The van der Waals surface area contributed by atoms with Crippen LogP contribution in [0.15, 0.2) is 39.5 Å². The molecule has 0 spiro atoms. The van der Waals surface area contributed by atoms with Crippen molar-refractivity contribution in [2.75, 3.05) is 5.32 Å². The molecular weight excluding hydrogens is 352 g/mol. The summed E-state index contributed by atoms with van der Waals surface area (Å²) in [5.74, 6) is -1.01. The Hall–Kier alpha value is -3.49. The van der Waals surface area contributed by atoms with Crippen molar-refractivity contribution in [1.29, 1.82) is 0 Å². The number of benzene rings is 1. The zero-order valence-corrected chi connectivity index (χ0v) is 15.1. The Balaban J connectivity index is 1.75. The van der Waals surface area contributed by atoms with E-state index in [0.717, 1.165) is 10.9 Å². The van der Waals surface area contributed by atoms with Crippen LogP contribution in [-0.2, 0) is 11.3 Å². The first-order valence-electron chi connectivity index (χ1n) is 8.29. The molecule has 1 N–H and O–H groups in total. The fraction of sp³-hybridized carbons (Fsp3) is 0.278. The van der Waals surface area contributed by atoms with Crippen molar-refractivity contribution in [1.82, 2.24) is 9.78 Å². The van der Waals surface area contributed by atoms with Gasteiger partial charge < -0.3 is 19.8 Å². The Morgan fingerprint density at radius 1 is 1.33 bits per heavy atom.